The summed E-state index contributed by atoms with van der Waals surface area (Å²) in [6.07, 6.45) is 2.55. The molecule has 3 aromatic rings. The Bertz CT molecular complexity index is 1230. The number of aromatic nitrogens is 1. The maximum atomic E-state index is 13.3. The summed E-state index contributed by atoms with van der Waals surface area (Å²) in [5.41, 5.74) is 6.23. The summed E-state index contributed by atoms with van der Waals surface area (Å²) in [5.74, 6) is -0.00997. The van der Waals surface area contributed by atoms with Crippen LogP contribution in [0.1, 0.15) is 45.9 Å². The van der Waals surface area contributed by atoms with Gasteiger partial charge in [-0.15, -0.1) is 0 Å². The molecule has 6 rings (SSSR count). The smallest absolute Gasteiger partial charge is 0.410 e. The van der Waals surface area contributed by atoms with E-state index in [1.165, 1.54) is 22.3 Å². The first-order valence-corrected chi connectivity index (χ1v) is 12.3. The van der Waals surface area contributed by atoms with E-state index in [4.69, 9.17) is 9.47 Å². The predicted octanol–water partition coefficient (Wildman–Crippen LogP) is 5.00. The van der Waals surface area contributed by atoms with E-state index in [9.17, 15) is 9.59 Å². The molecule has 178 valence electrons. The van der Waals surface area contributed by atoms with Gasteiger partial charge in [0.05, 0.1) is 25.3 Å². The number of Topliss-reactive ketones (excluding diaryl/α,β-unsaturated/α-hetero) is 1. The van der Waals surface area contributed by atoms with Crippen molar-refractivity contribution in [1.82, 2.24) is 9.88 Å². The van der Waals surface area contributed by atoms with Crippen LogP contribution in [-0.2, 0) is 9.47 Å². The highest BCUT2D eigenvalue weighted by Gasteiger charge is 2.45. The van der Waals surface area contributed by atoms with Gasteiger partial charge in [0.15, 0.2) is 5.78 Å². The van der Waals surface area contributed by atoms with Crippen molar-refractivity contribution in [3.63, 3.8) is 0 Å². The average molecular weight is 469 g/mol. The zero-order chi connectivity index (χ0) is 23.9. The lowest BCUT2D eigenvalue weighted by atomic mass is 9.80. The summed E-state index contributed by atoms with van der Waals surface area (Å²) < 4.78 is 11.7. The molecule has 2 bridgehead atoms. The van der Waals surface area contributed by atoms with Gasteiger partial charge in [-0.25, -0.2) is 4.79 Å². The fourth-order valence-corrected chi connectivity index (χ4v) is 6.06. The first-order chi connectivity index (χ1) is 17.1. The Labute approximate surface area is 204 Å². The molecule has 1 aliphatic carbocycles. The highest BCUT2D eigenvalue weighted by Crippen LogP contribution is 2.44. The maximum absolute atomic E-state index is 13.3. The second kappa shape index (κ2) is 8.93. The van der Waals surface area contributed by atoms with Crippen LogP contribution in [0.3, 0.4) is 0 Å². The second-order valence-corrected chi connectivity index (χ2v) is 9.73. The number of carbonyl (C=O) groups excluding carboxylic acids is 2. The number of benzene rings is 2. The summed E-state index contributed by atoms with van der Waals surface area (Å²) in [6, 6.07) is 20.0. The number of rotatable bonds is 4. The topological polar surface area (TPSA) is 68.7 Å². The van der Waals surface area contributed by atoms with E-state index in [0.29, 0.717) is 38.2 Å². The Balaban J connectivity index is 1.17. The van der Waals surface area contributed by atoms with Gasteiger partial charge in [0.1, 0.15) is 6.61 Å². The largest absolute Gasteiger partial charge is 0.448 e. The Morgan fingerprint density at radius 3 is 2.20 bits per heavy atom. The number of ether oxygens (including phenoxy) is 2. The third-order valence-electron chi connectivity index (χ3n) is 7.71. The number of ketones is 1. The average Bonchev–Trinajstić information content (AvgIpc) is 3.20. The molecule has 0 saturated carbocycles. The van der Waals surface area contributed by atoms with Gasteiger partial charge in [-0.05, 0) is 54.2 Å². The lowest BCUT2D eigenvalue weighted by molar-refractivity contribution is -0.0747. The quantitative estimate of drug-likeness (QED) is 0.504. The molecule has 1 aromatic heterocycles. The first-order valence-electron chi connectivity index (χ1n) is 12.3. The lowest BCUT2D eigenvalue weighted by Gasteiger charge is -2.47. The van der Waals surface area contributed by atoms with Gasteiger partial charge < -0.3 is 9.47 Å². The Kier molecular flexibility index (Phi) is 5.61. The fraction of sp³-hybridized carbons (Fsp3) is 0.345. The Morgan fingerprint density at radius 1 is 0.943 bits per heavy atom. The van der Waals surface area contributed by atoms with E-state index in [-0.39, 0.29) is 35.8 Å². The zero-order valence-electron chi connectivity index (χ0n) is 19.7. The summed E-state index contributed by atoms with van der Waals surface area (Å²) in [7, 11) is 0. The number of pyridine rings is 1. The molecule has 0 spiro atoms. The number of morpholine rings is 1. The van der Waals surface area contributed by atoms with Gasteiger partial charge in [0.2, 0.25) is 0 Å². The van der Waals surface area contributed by atoms with Crippen molar-refractivity contribution in [3.05, 3.63) is 89.2 Å². The molecule has 1 amide bonds. The van der Waals surface area contributed by atoms with Crippen molar-refractivity contribution in [3.8, 4) is 11.1 Å². The maximum Gasteiger partial charge on any atom is 0.410 e. The van der Waals surface area contributed by atoms with Gasteiger partial charge >= 0.3 is 6.09 Å². The molecule has 2 saturated heterocycles. The molecular formula is C29H28N2O4. The van der Waals surface area contributed by atoms with Crippen LogP contribution in [0.25, 0.3) is 11.1 Å². The minimum atomic E-state index is -0.311. The van der Waals surface area contributed by atoms with Crippen molar-refractivity contribution >= 4 is 11.9 Å². The Morgan fingerprint density at radius 2 is 1.57 bits per heavy atom. The minimum Gasteiger partial charge on any atom is -0.448 e. The molecule has 0 N–H and O–H groups in total. The van der Waals surface area contributed by atoms with E-state index in [2.05, 4.69) is 29.2 Å². The highest BCUT2D eigenvalue weighted by atomic mass is 16.6. The second-order valence-electron chi connectivity index (χ2n) is 9.73. The number of nitrogens with zero attached hydrogens (tertiary/aromatic N) is 2. The number of hydrogen-bond acceptors (Lipinski definition) is 5. The SMILES string of the molecule is Cc1ncccc1C(=O)C1CC2COCC(C1)N2C(=O)OCC1c2ccccc2-c2ccccc21. The van der Waals surface area contributed by atoms with E-state index in [1.54, 1.807) is 12.3 Å². The van der Waals surface area contributed by atoms with Gasteiger partial charge in [-0.2, -0.15) is 0 Å². The third kappa shape index (κ3) is 3.82. The van der Waals surface area contributed by atoms with Crippen LogP contribution in [0.5, 0.6) is 0 Å². The number of fused-ring (bicyclic) bond motifs is 5. The van der Waals surface area contributed by atoms with Crippen molar-refractivity contribution in [2.45, 2.75) is 37.8 Å². The molecule has 0 radical (unpaired) electrons. The third-order valence-corrected chi connectivity index (χ3v) is 7.71. The summed E-state index contributed by atoms with van der Waals surface area (Å²) in [5, 5.41) is 0. The van der Waals surface area contributed by atoms with Gasteiger partial charge in [0.25, 0.3) is 0 Å². The minimum absolute atomic E-state index is 0.0233. The van der Waals surface area contributed by atoms with Gasteiger partial charge in [0, 0.05) is 29.3 Å². The van der Waals surface area contributed by atoms with Crippen molar-refractivity contribution in [2.24, 2.45) is 5.92 Å². The van der Waals surface area contributed by atoms with Crippen LogP contribution >= 0.6 is 0 Å². The number of aryl methyl sites for hydroxylation is 1. The fourth-order valence-electron chi connectivity index (χ4n) is 6.06. The molecule has 2 fully saturated rings. The number of piperidine rings is 1. The lowest BCUT2D eigenvalue weighted by Crippen LogP contribution is -2.60. The molecular weight excluding hydrogens is 440 g/mol. The Hall–Kier alpha value is -3.51. The standard InChI is InChI=1S/C29H28N2O4/c1-18-22(11-6-12-30-18)28(32)19-13-20-15-34-16-21(14-19)31(20)29(33)35-17-27-25-9-4-2-7-23(25)24-8-3-5-10-26(24)27/h2-12,19-21,27H,13-17H2,1H3. The van der Waals surface area contributed by atoms with Crippen LogP contribution in [-0.4, -0.2) is 53.7 Å². The summed E-state index contributed by atoms with van der Waals surface area (Å²) in [4.78, 5) is 32.7. The molecule has 2 aromatic carbocycles. The zero-order valence-corrected chi connectivity index (χ0v) is 19.7. The first kappa shape index (κ1) is 22.0. The molecule has 2 aliphatic heterocycles. The highest BCUT2D eigenvalue weighted by molar-refractivity contribution is 5.99. The van der Waals surface area contributed by atoms with Crippen molar-refractivity contribution in [2.75, 3.05) is 19.8 Å². The van der Waals surface area contributed by atoms with Crippen LogP contribution in [0.2, 0.25) is 0 Å². The van der Waals surface area contributed by atoms with Gasteiger partial charge in [-0.3, -0.25) is 14.7 Å². The predicted molar refractivity (Wildman–Crippen MR) is 131 cm³/mol. The van der Waals surface area contributed by atoms with Crippen molar-refractivity contribution in [1.29, 1.82) is 0 Å². The van der Waals surface area contributed by atoms with Crippen LogP contribution in [0.15, 0.2) is 66.9 Å². The number of hydrogen-bond donors (Lipinski definition) is 0. The van der Waals surface area contributed by atoms with Crippen LogP contribution in [0.4, 0.5) is 4.79 Å². The van der Waals surface area contributed by atoms with E-state index >= 15 is 0 Å². The number of carbonyl (C=O) groups is 2. The molecule has 2 atom stereocenters. The molecule has 2 unspecified atom stereocenters. The molecule has 6 heteroatoms. The van der Waals surface area contributed by atoms with E-state index < -0.39 is 0 Å². The molecule has 3 heterocycles. The normalized spacial score (nSPS) is 22.9. The molecule has 6 nitrogen and oxygen atoms in total. The van der Waals surface area contributed by atoms with Crippen LogP contribution in [0, 0.1) is 12.8 Å². The van der Waals surface area contributed by atoms with Gasteiger partial charge in [-0.1, -0.05) is 48.5 Å². The molecule has 35 heavy (non-hydrogen) atoms. The van der Waals surface area contributed by atoms with Crippen LogP contribution < -0.4 is 0 Å². The van der Waals surface area contributed by atoms with E-state index in [1.807, 2.05) is 42.2 Å². The monoisotopic (exact) mass is 468 g/mol. The van der Waals surface area contributed by atoms with E-state index in [0.717, 1.165) is 5.69 Å². The summed E-state index contributed by atoms with van der Waals surface area (Å²) in [6.45, 7) is 3.01. The number of amides is 1. The molecule has 3 aliphatic rings. The van der Waals surface area contributed by atoms with Crippen molar-refractivity contribution < 1.29 is 19.1 Å². The summed E-state index contributed by atoms with van der Waals surface area (Å²) >= 11 is 0.